The average Bonchev–Trinajstić information content (AvgIpc) is 2.17. The minimum Gasteiger partial charge on any atom is -0.445 e. The molecule has 1 heterocycles. The summed E-state index contributed by atoms with van der Waals surface area (Å²) in [4.78, 5) is 12.9. The van der Waals surface area contributed by atoms with Crippen LogP contribution in [0.3, 0.4) is 0 Å². The Morgan fingerprint density at radius 1 is 1.24 bits per heavy atom. The molecule has 0 bridgehead atoms. The Hall–Kier alpha value is 0.181. The van der Waals surface area contributed by atoms with E-state index in [0.717, 1.165) is 17.7 Å². The van der Waals surface area contributed by atoms with Gasteiger partial charge in [-0.1, -0.05) is 18.2 Å². The summed E-state index contributed by atoms with van der Waals surface area (Å²) in [6.07, 6.45) is 0.0613. The molecule has 2 rings (SSSR count). The molecule has 0 unspecified atom stereocenters. The Kier molecular flexibility index (Phi) is 4.88. The van der Waals surface area contributed by atoms with Gasteiger partial charge in [-0.3, -0.25) is 4.79 Å². The van der Waals surface area contributed by atoms with E-state index in [1.165, 1.54) is 11.0 Å². The van der Waals surface area contributed by atoms with E-state index in [4.69, 9.17) is 0 Å². The molecule has 0 fully saturated rings. The molecule has 86 valence electrons. The number of hydrogen-bond acceptors (Lipinski definition) is 1. The number of halogens is 3. The Morgan fingerprint density at radius 3 is 2.47 bits per heavy atom. The molecule has 0 saturated carbocycles. The predicted molar refractivity (Wildman–Crippen MR) is 55.3 cm³/mol. The van der Waals surface area contributed by atoms with Gasteiger partial charge in [0.2, 0.25) is 5.91 Å². The van der Waals surface area contributed by atoms with Crippen molar-refractivity contribution in [3.63, 3.8) is 0 Å². The summed E-state index contributed by atoms with van der Waals surface area (Å²) in [5.74, 6) is -0.140. The van der Waals surface area contributed by atoms with Crippen molar-refractivity contribution >= 4 is 18.3 Å². The molecule has 1 amide bonds. The fourth-order valence-electron chi connectivity index (χ4n) is 1.81. The fourth-order valence-corrected chi connectivity index (χ4v) is 1.81. The van der Waals surface area contributed by atoms with Crippen LogP contribution in [0.25, 0.3) is 0 Å². The van der Waals surface area contributed by atoms with Crippen molar-refractivity contribution < 1.29 is 69.1 Å². The second kappa shape index (κ2) is 5.44. The van der Waals surface area contributed by atoms with Crippen molar-refractivity contribution in [2.75, 3.05) is 7.05 Å². The van der Waals surface area contributed by atoms with E-state index >= 15 is 0 Å². The van der Waals surface area contributed by atoms with Crippen LogP contribution in [0.4, 0.5) is 12.9 Å². The SMILES string of the molecule is CN1Cc2ccc([B-](F)(F)F)cc2CC1=O.[K+]. The smallest absolute Gasteiger partial charge is 0.445 e. The van der Waals surface area contributed by atoms with Crippen LogP contribution in [0.15, 0.2) is 18.2 Å². The van der Waals surface area contributed by atoms with Crippen molar-refractivity contribution in [3.8, 4) is 0 Å². The molecule has 0 saturated heterocycles. The monoisotopic (exact) mass is 267 g/mol. The average molecular weight is 267 g/mol. The number of amides is 1. The van der Waals surface area contributed by atoms with E-state index in [0.29, 0.717) is 12.1 Å². The van der Waals surface area contributed by atoms with Gasteiger partial charge >= 0.3 is 58.4 Å². The van der Waals surface area contributed by atoms with Crippen LogP contribution in [0.1, 0.15) is 11.1 Å². The van der Waals surface area contributed by atoms with Crippen molar-refractivity contribution in [2.45, 2.75) is 13.0 Å². The van der Waals surface area contributed by atoms with Crippen LogP contribution < -0.4 is 56.8 Å². The van der Waals surface area contributed by atoms with E-state index in [2.05, 4.69) is 0 Å². The number of fused-ring (bicyclic) bond motifs is 1. The molecule has 0 N–H and O–H groups in total. The van der Waals surface area contributed by atoms with Crippen molar-refractivity contribution in [2.24, 2.45) is 0 Å². The van der Waals surface area contributed by atoms with Gasteiger partial charge in [-0.2, -0.15) is 0 Å². The van der Waals surface area contributed by atoms with Crippen LogP contribution in [-0.4, -0.2) is 24.8 Å². The Labute approximate surface area is 140 Å². The van der Waals surface area contributed by atoms with Crippen LogP contribution >= 0.6 is 0 Å². The minimum absolute atomic E-state index is 0. The summed E-state index contributed by atoms with van der Waals surface area (Å²) >= 11 is 0. The molecule has 1 aromatic carbocycles. The Morgan fingerprint density at radius 2 is 1.88 bits per heavy atom. The number of rotatable bonds is 1. The Bertz CT molecular complexity index is 450. The van der Waals surface area contributed by atoms with E-state index < -0.39 is 12.4 Å². The molecule has 0 atom stereocenters. The number of carbonyl (C=O) groups excluding carboxylic acids is 1. The molecule has 0 spiro atoms. The van der Waals surface area contributed by atoms with Gasteiger partial charge < -0.3 is 17.8 Å². The molecule has 1 aromatic rings. The quantitative estimate of drug-likeness (QED) is 0.553. The number of likely N-dealkylation sites (N-methyl/N-ethyl adjacent to an activating group) is 1. The van der Waals surface area contributed by atoms with Gasteiger partial charge in [-0.15, -0.1) is 5.46 Å². The van der Waals surface area contributed by atoms with Gasteiger partial charge in [0.05, 0.1) is 6.42 Å². The molecule has 0 aromatic heterocycles. The number of benzene rings is 1. The molecule has 0 aliphatic carbocycles. The molecule has 0 radical (unpaired) electrons. The predicted octanol–water partition coefficient (Wildman–Crippen LogP) is -1.74. The van der Waals surface area contributed by atoms with E-state index in [1.807, 2.05) is 0 Å². The van der Waals surface area contributed by atoms with E-state index in [1.54, 1.807) is 7.05 Å². The van der Waals surface area contributed by atoms with Crippen LogP contribution in [0.2, 0.25) is 0 Å². The number of hydrogen-bond donors (Lipinski definition) is 0. The standard InChI is InChI=1S/C10H10BF3NO.K/c1-15-6-7-2-3-9(11(12,13)14)4-8(7)5-10(15)16;/h2-4H,5-6H2,1H3;/q-1;+1. The summed E-state index contributed by atoms with van der Waals surface area (Å²) in [7, 11) is 1.65. The maximum absolute atomic E-state index is 12.5. The third kappa shape index (κ3) is 3.35. The van der Waals surface area contributed by atoms with Gasteiger partial charge in [0.25, 0.3) is 0 Å². The zero-order valence-electron chi connectivity index (χ0n) is 9.71. The first-order chi connectivity index (χ1) is 7.38. The van der Waals surface area contributed by atoms with Gasteiger partial charge in [0.15, 0.2) is 0 Å². The summed E-state index contributed by atoms with van der Waals surface area (Å²) < 4.78 is 37.5. The largest absolute Gasteiger partial charge is 1.00 e. The summed E-state index contributed by atoms with van der Waals surface area (Å²) in [6, 6.07) is 3.64. The Balaban J connectivity index is 0.00000144. The zero-order chi connectivity index (χ0) is 11.9. The summed E-state index contributed by atoms with van der Waals surface area (Å²) in [5.41, 5.74) is 0.668. The number of nitrogens with zero attached hydrogens (tertiary/aromatic N) is 1. The molecular formula is C10H10BF3KNO. The topological polar surface area (TPSA) is 20.3 Å². The van der Waals surface area contributed by atoms with E-state index in [-0.39, 0.29) is 63.7 Å². The number of carbonyl (C=O) groups is 1. The van der Waals surface area contributed by atoms with Crippen LogP contribution in [0, 0.1) is 0 Å². The molecular weight excluding hydrogens is 257 g/mol. The normalized spacial score (nSPS) is 15.3. The molecule has 2 nitrogen and oxygen atoms in total. The van der Waals surface area contributed by atoms with Gasteiger partial charge in [-0.05, 0) is 11.1 Å². The third-order valence-corrected chi connectivity index (χ3v) is 2.78. The maximum Gasteiger partial charge on any atom is 1.00 e. The fraction of sp³-hybridized carbons (Fsp3) is 0.300. The summed E-state index contributed by atoms with van der Waals surface area (Å²) in [5, 5.41) is 0. The minimum atomic E-state index is -4.98. The van der Waals surface area contributed by atoms with Crippen LogP contribution in [-0.2, 0) is 17.8 Å². The first-order valence-corrected chi connectivity index (χ1v) is 4.93. The molecule has 17 heavy (non-hydrogen) atoms. The second-order valence-corrected chi connectivity index (χ2v) is 4.03. The van der Waals surface area contributed by atoms with Crippen molar-refractivity contribution in [1.82, 2.24) is 4.90 Å². The summed E-state index contributed by atoms with van der Waals surface area (Å²) in [6.45, 7) is -4.59. The third-order valence-electron chi connectivity index (χ3n) is 2.78. The first-order valence-electron chi connectivity index (χ1n) is 4.93. The second-order valence-electron chi connectivity index (χ2n) is 4.03. The maximum atomic E-state index is 12.5. The van der Waals surface area contributed by atoms with Gasteiger partial charge in [-0.25, -0.2) is 0 Å². The van der Waals surface area contributed by atoms with Gasteiger partial charge in [0.1, 0.15) is 0 Å². The van der Waals surface area contributed by atoms with Gasteiger partial charge in [0, 0.05) is 13.6 Å². The molecule has 1 aliphatic heterocycles. The van der Waals surface area contributed by atoms with E-state index in [9.17, 15) is 17.7 Å². The zero-order valence-corrected chi connectivity index (χ0v) is 12.8. The van der Waals surface area contributed by atoms with Crippen molar-refractivity contribution in [1.29, 1.82) is 0 Å². The molecule has 7 heteroatoms. The van der Waals surface area contributed by atoms with Crippen molar-refractivity contribution in [3.05, 3.63) is 29.3 Å². The van der Waals surface area contributed by atoms with Crippen LogP contribution in [0.5, 0.6) is 0 Å². The molecule has 1 aliphatic rings. The first kappa shape index (κ1) is 15.2.